The summed E-state index contributed by atoms with van der Waals surface area (Å²) >= 11 is 0. The van der Waals surface area contributed by atoms with Crippen LogP contribution >= 0.6 is 21.6 Å². The molecule has 2 N–H and O–H groups in total. The van der Waals surface area contributed by atoms with Crippen molar-refractivity contribution in [3.8, 4) is 0 Å². The van der Waals surface area contributed by atoms with E-state index >= 15 is 0 Å². The van der Waals surface area contributed by atoms with Gasteiger partial charge in [0.25, 0.3) is 11.1 Å². The fourth-order valence-corrected chi connectivity index (χ4v) is 5.22. The number of ketones is 2. The van der Waals surface area contributed by atoms with E-state index < -0.39 is 46.7 Å². The summed E-state index contributed by atoms with van der Waals surface area (Å²) in [5, 5.41) is 19.1. The number of aromatic nitrogens is 2. The molecule has 0 aliphatic heterocycles. The molecular weight excluding hydrogens is 460 g/mol. The van der Waals surface area contributed by atoms with E-state index in [0.29, 0.717) is 0 Å². The molecular formula is C20H20N2O8S2. The Morgan fingerprint density at radius 2 is 1.12 bits per heavy atom. The summed E-state index contributed by atoms with van der Waals surface area (Å²) in [6, 6.07) is 2.86. The van der Waals surface area contributed by atoms with Crippen LogP contribution in [0.4, 0.5) is 0 Å². The minimum absolute atomic E-state index is 0.101. The first-order valence-electron chi connectivity index (χ1n) is 9.20. The van der Waals surface area contributed by atoms with Crippen molar-refractivity contribution in [1.82, 2.24) is 9.13 Å². The molecule has 2 rings (SSSR count). The number of Topliss-reactive ketones (excluding diaryl/α,β-unsaturated/α-hetero) is 2. The molecule has 0 saturated carbocycles. The maximum Gasteiger partial charge on any atom is 0.327 e. The van der Waals surface area contributed by atoms with Gasteiger partial charge in [-0.15, -0.1) is 0 Å². The monoisotopic (exact) mass is 480 g/mol. The van der Waals surface area contributed by atoms with Gasteiger partial charge in [-0.25, -0.2) is 9.59 Å². The van der Waals surface area contributed by atoms with Gasteiger partial charge in [0.15, 0.2) is 11.6 Å². The predicted octanol–water partition coefficient (Wildman–Crippen LogP) is 1.75. The maximum absolute atomic E-state index is 12.4. The molecule has 0 aliphatic rings. The van der Waals surface area contributed by atoms with Gasteiger partial charge < -0.3 is 10.2 Å². The number of hydrogen-bond donors (Lipinski definition) is 2. The van der Waals surface area contributed by atoms with Gasteiger partial charge in [0.1, 0.15) is 12.1 Å². The van der Waals surface area contributed by atoms with Gasteiger partial charge in [-0.1, -0.05) is 21.6 Å². The number of carboxylic acids is 2. The lowest BCUT2D eigenvalue weighted by atomic mass is 10.2. The van der Waals surface area contributed by atoms with E-state index in [1.165, 1.54) is 50.5 Å². The fourth-order valence-electron chi connectivity index (χ4n) is 2.81. The van der Waals surface area contributed by atoms with Crippen molar-refractivity contribution >= 4 is 45.1 Å². The molecule has 0 amide bonds. The van der Waals surface area contributed by atoms with Gasteiger partial charge in [0, 0.05) is 23.9 Å². The number of carbonyl (C=O) groups excluding carboxylic acids is 2. The second-order valence-electron chi connectivity index (χ2n) is 6.66. The van der Waals surface area contributed by atoms with Gasteiger partial charge in [0.2, 0.25) is 0 Å². The minimum Gasteiger partial charge on any atom is -0.480 e. The number of hydrogen-bond acceptors (Lipinski definition) is 8. The summed E-state index contributed by atoms with van der Waals surface area (Å²) in [4.78, 5) is 71.4. The number of aliphatic carboxylic acids is 2. The van der Waals surface area contributed by atoms with Gasteiger partial charge in [-0.3, -0.25) is 28.3 Å². The van der Waals surface area contributed by atoms with Crippen molar-refractivity contribution in [2.24, 2.45) is 0 Å². The standard InChI is InChI=1S/C20H20N2O8S2/c1-11(23)13-5-3-7-21(17(13)25)15(19(27)28)9-31-32-10-16(20(29)30)22-8-4-6-14(12(2)24)18(22)26/h3-8,15-16H,9-10H2,1-2H3,(H,27,28)(H,29,30)/t15-,16+. The Kier molecular flexibility index (Phi) is 8.61. The summed E-state index contributed by atoms with van der Waals surface area (Å²) in [5.41, 5.74) is -1.72. The van der Waals surface area contributed by atoms with Gasteiger partial charge in [0.05, 0.1) is 11.1 Å². The largest absolute Gasteiger partial charge is 0.480 e. The van der Waals surface area contributed by atoms with Crippen molar-refractivity contribution in [3.05, 3.63) is 68.5 Å². The van der Waals surface area contributed by atoms with Gasteiger partial charge >= 0.3 is 11.9 Å². The molecule has 170 valence electrons. The Labute approximate surface area is 189 Å². The summed E-state index contributed by atoms with van der Waals surface area (Å²) in [7, 11) is 2.02. The normalized spacial score (nSPS) is 12.7. The zero-order valence-electron chi connectivity index (χ0n) is 17.1. The predicted molar refractivity (Wildman–Crippen MR) is 120 cm³/mol. The Morgan fingerprint density at radius 1 is 0.781 bits per heavy atom. The fraction of sp³-hybridized carbons (Fsp3) is 0.300. The Bertz CT molecular complexity index is 1080. The molecule has 0 bridgehead atoms. The quantitative estimate of drug-likeness (QED) is 0.276. The third-order valence-corrected chi connectivity index (χ3v) is 6.87. The van der Waals surface area contributed by atoms with Crippen molar-refractivity contribution in [3.63, 3.8) is 0 Å². The number of carbonyl (C=O) groups is 4. The summed E-state index contributed by atoms with van der Waals surface area (Å²) < 4.78 is 1.89. The molecule has 0 saturated heterocycles. The van der Waals surface area contributed by atoms with Crippen LogP contribution < -0.4 is 11.1 Å². The van der Waals surface area contributed by atoms with E-state index in [1.54, 1.807) is 0 Å². The van der Waals surface area contributed by atoms with Crippen LogP contribution in [0.25, 0.3) is 0 Å². The van der Waals surface area contributed by atoms with Gasteiger partial charge in [-0.05, 0) is 38.1 Å². The lowest BCUT2D eigenvalue weighted by molar-refractivity contribution is -0.141. The van der Waals surface area contributed by atoms with Crippen molar-refractivity contribution in [2.75, 3.05) is 11.5 Å². The number of pyridine rings is 2. The van der Waals surface area contributed by atoms with Crippen LogP contribution in [0.2, 0.25) is 0 Å². The number of nitrogens with zero attached hydrogens (tertiary/aromatic N) is 2. The number of rotatable bonds is 11. The molecule has 2 atom stereocenters. The molecule has 0 spiro atoms. The van der Waals surface area contributed by atoms with E-state index in [4.69, 9.17) is 0 Å². The molecule has 0 unspecified atom stereocenters. The molecule has 2 aromatic rings. The van der Waals surface area contributed by atoms with E-state index in [-0.39, 0.29) is 22.6 Å². The van der Waals surface area contributed by atoms with Crippen LogP contribution in [0.15, 0.2) is 46.2 Å². The van der Waals surface area contributed by atoms with Crippen LogP contribution in [-0.2, 0) is 9.59 Å². The van der Waals surface area contributed by atoms with E-state index in [2.05, 4.69) is 0 Å². The van der Waals surface area contributed by atoms with Crippen molar-refractivity contribution in [2.45, 2.75) is 25.9 Å². The first-order valence-corrected chi connectivity index (χ1v) is 11.7. The lowest BCUT2D eigenvalue weighted by Gasteiger charge is -2.18. The molecule has 0 radical (unpaired) electrons. The zero-order chi connectivity index (χ0) is 24.0. The molecule has 0 aliphatic carbocycles. The van der Waals surface area contributed by atoms with Crippen molar-refractivity contribution < 1.29 is 29.4 Å². The van der Waals surface area contributed by atoms with Crippen molar-refractivity contribution in [1.29, 1.82) is 0 Å². The topological polar surface area (TPSA) is 153 Å². The molecule has 2 heterocycles. The molecule has 32 heavy (non-hydrogen) atoms. The third-order valence-electron chi connectivity index (χ3n) is 4.48. The van der Waals surface area contributed by atoms with E-state index in [1.807, 2.05) is 0 Å². The van der Waals surface area contributed by atoms with Crippen LogP contribution in [-0.4, -0.2) is 54.4 Å². The molecule has 0 fully saturated rings. The Hall–Kier alpha value is -3.12. The zero-order valence-corrected chi connectivity index (χ0v) is 18.7. The highest BCUT2D eigenvalue weighted by atomic mass is 33.1. The SMILES string of the molecule is CC(=O)c1cccn([C@H](CSSC[C@@H](C(=O)O)n2cccc(C(C)=O)c2=O)C(=O)O)c1=O. The van der Waals surface area contributed by atoms with E-state index in [9.17, 15) is 39.0 Å². The van der Waals surface area contributed by atoms with Crippen LogP contribution in [0.5, 0.6) is 0 Å². The molecule has 12 heteroatoms. The highest BCUT2D eigenvalue weighted by Crippen LogP contribution is 2.29. The van der Waals surface area contributed by atoms with Crippen LogP contribution in [0, 0.1) is 0 Å². The van der Waals surface area contributed by atoms with Crippen LogP contribution in [0.3, 0.4) is 0 Å². The van der Waals surface area contributed by atoms with E-state index in [0.717, 1.165) is 30.7 Å². The summed E-state index contributed by atoms with van der Waals surface area (Å²) in [5.74, 6) is -3.76. The maximum atomic E-state index is 12.4. The van der Waals surface area contributed by atoms with Crippen LogP contribution in [0.1, 0.15) is 46.6 Å². The second-order valence-corrected chi connectivity index (χ2v) is 9.21. The first-order chi connectivity index (χ1) is 15.1. The van der Waals surface area contributed by atoms with Gasteiger partial charge in [-0.2, -0.15) is 0 Å². The smallest absolute Gasteiger partial charge is 0.327 e. The number of carboxylic acid groups (broad SMARTS) is 2. The summed E-state index contributed by atoms with van der Waals surface area (Å²) in [6.45, 7) is 2.41. The average Bonchev–Trinajstić information content (AvgIpc) is 2.71. The molecule has 0 aromatic carbocycles. The molecule has 10 nitrogen and oxygen atoms in total. The minimum atomic E-state index is -1.29. The Balaban J connectivity index is 2.16. The Morgan fingerprint density at radius 3 is 1.41 bits per heavy atom. The highest BCUT2D eigenvalue weighted by molar-refractivity contribution is 8.76. The highest BCUT2D eigenvalue weighted by Gasteiger charge is 2.25. The summed E-state index contributed by atoms with van der Waals surface area (Å²) in [6.07, 6.45) is 2.54. The third kappa shape index (κ3) is 5.77. The average molecular weight is 481 g/mol. The lowest BCUT2D eigenvalue weighted by Crippen LogP contribution is -2.34. The second kappa shape index (κ2) is 11.0. The molecule has 2 aromatic heterocycles. The first kappa shape index (κ1) is 25.1.